The van der Waals surface area contributed by atoms with Gasteiger partial charge in [0.05, 0.1) is 6.61 Å². The van der Waals surface area contributed by atoms with Crippen molar-refractivity contribution >= 4 is 5.78 Å². The Morgan fingerprint density at radius 2 is 1.71 bits per heavy atom. The highest BCUT2D eigenvalue weighted by atomic mass is 19.2. The van der Waals surface area contributed by atoms with Crippen LogP contribution in [0.15, 0.2) is 42.5 Å². The maximum Gasteiger partial charge on any atom is 0.200 e. The van der Waals surface area contributed by atoms with Gasteiger partial charge in [-0.05, 0) is 42.8 Å². The second kappa shape index (κ2) is 6.92. The van der Waals surface area contributed by atoms with E-state index in [0.717, 1.165) is 6.07 Å². The van der Waals surface area contributed by atoms with Gasteiger partial charge in [-0.2, -0.15) is 4.39 Å². The first-order valence-electron chi connectivity index (χ1n) is 6.43. The molecule has 2 aromatic carbocycles. The zero-order valence-corrected chi connectivity index (χ0v) is 11.1. The summed E-state index contributed by atoms with van der Waals surface area (Å²) in [5.74, 6) is -2.75. The molecule has 21 heavy (non-hydrogen) atoms. The molecule has 0 amide bonds. The molecule has 110 valence electrons. The van der Waals surface area contributed by atoms with Crippen molar-refractivity contribution in [2.24, 2.45) is 0 Å². The fourth-order valence-electron chi connectivity index (χ4n) is 1.79. The molecule has 5 heteroatoms. The minimum atomic E-state index is -1.04. The highest BCUT2D eigenvalue weighted by molar-refractivity contribution is 5.95. The summed E-state index contributed by atoms with van der Waals surface area (Å²) >= 11 is 0. The Bertz CT molecular complexity index is 624. The van der Waals surface area contributed by atoms with Crippen molar-refractivity contribution in [2.45, 2.75) is 12.8 Å². The minimum absolute atomic E-state index is 0.0906. The largest absolute Gasteiger partial charge is 0.490 e. The van der Waals surface area contributed by atoms with Crippen LogP contribution in [0.5, 0.6) is 5.75 Å². The van der Waals surface area contributed by atoms with Gasteiger partial charge in [-0.25, -0.2) is 8.78 Å². The topological polar surface area (TPSA) is 26.3 Å². The minimum Gasteiger partial charge on any atom is -0.490 e. The number of hydrogen-bond acceptors (Lipinski definition) is 2. The molecule has 0 fully saturated rings. The Labute approximate surface area is 120 Å². The van der Waals surface area contributed by atoms with Crippen LogP contribution >= 0.6 is 0 Å². The predicted octanol–water partition coefficient (Wildman–Crippen LogP) is 4.15. The lowest BCUT2D eigenvalue weighted by molar-refractivity contribution is 0.0973. The van der Waals surface area contributed by atoms with E-state index >= 15 is 0 Å². The average molecular weight is 294 g/mol. The van der Waals surface area contributed by atoms with E-state index in [1.807, 2.05) is 0 Å². The van der Waals surface area contributed by atoms with Gasteiger partial charge in [-0.15, -0.1) is 0 Å². The van der Waals surface area contributed by atoms with E-state index in [2.05, 4.69) is 0 Å². The highest BCUT2D eigenvalue weighted by Crippen LogP contribution is 2.19. The third-order valence-corrected chi connectivity index (χ3v) is 2.89. The SMILES string of the molecule is O=C(CCCOc1cccc(F)c1F)c1ccc(F)cc1. The summed E-state index contributed by atoms with van der Waals surface area (Å²) in [7, 11) is 0. The Hall–Kier alpha value is -2.30. The van der Waals surface area contributed by atoms with Crippen molar-refractivity contribution in [2.75, 3.05) is 6.61 Å². The first-order valence-corrected chi connectivity index (χ1v) is 6.43. The van der Waals surface area contributed by atoms with E-state index in [4.69, 9.17) is 4.74 Å². The van der Waals surface area contributed by atoms with Gasteiger partial charge in [-0.3, -0.25) is 4.79 Å². The second-order valence-electron chi connectivity index (χ2n) is 4.43. The molecule has 0 heterocycles. The molecule has 0 N–H and O–H groups in total. The number of carbonyl (C=O) groups excluding carboxylic acids is 1. The number of rotatable bonds is 6. The first-order chi connectivity index (χ1) is 10.1. The van der Waals surface area contributed by atoms with E-state index in [1.54, 1.807) is 0 Å². The molecular weight excluding hydrogens is 281 g/mol. The highest BCUT2D eigenvalue weighted by Gasteiger charge is 2.09. The second-order valence-corrected chi connectivity index (χ2v) is 4.43. The van der Waals surface area contributed by atoms with E-state index in [9.17, 15) is 18.0 Å². The van der Waals surface area contributed by atoms with Crippen molar-refractivity contribution in [3.63, 3.8) is 0 Å². The van der Waals surface area contributed by atoms with Crippen LogP contribution < -0.4 is 4.74 Å². The van der Waals surface area contributed by atoms with Crippen molar-refractivity contribution in [3.05, 3.63) is 65.5 Å². The van der Waals surface area contributed by atoms with Crippen LogP contribution in [0.1, 0.15) is 23.2 Å². The molecule has 2 aromatic rings. The van der Waals surface area contributed by atoms with Crippen molar-refractivity contribution < 1.29 is 22.7 Å². The Morgan fingerprint density at radius 1 is 1.00 bits per heavy atom. The average Bonchev–Trinajstić information content (AvgIpc) is 2.48. The van der Waals surface area contributed by atoms with Gasteiger partial charge in [0.2, 0.25) is 5.82 Å². The zero-order valence-electron chi connectivity index (χ0n) is 11.1. The van der Waals surface area contributed by atoms with Gasteiger partial charge in [0.15, 0.2) is 17.3 Å². The quantitative estimate of drug-likeness (QED) is 0.591. The normalized spacial score (nSPS) is 10.4. The van der Waals surface area contributed by atoms with Crippen LogP contribution in [0.25, 0.3) is 0 Å². The fourth-order valence-corrected chi connectivity index (χ4v) is 1.79. The number of ether oxygens (including phenoxy) is 1. The predicted molar refractivity (Wildman–Crippen MR) is 71.8 cm³/mol. The molecule has 2 nitrogen and oxygen atoms in total. The lowest BCUT2D eigenvalue weighted by atomic mass is 10.1. The number of carbonyl (C=O) groups is 1. The molecule has 0 aliphatic carbocycles. The molecule has 2 rings (SSSR count). The molecule has 0 spiro atoms. The lowest BCUT2D eigenvalue weighted by Crippen LogP contribution is -2.05. The summed E-state index contributed by atoms with van der Waals surface area (Å²) in [6.07, 6.45) is 0.536. The van der Waals surface area contributed by atoms with Crippen molar-refractivity contribution in [3.8, 4) is 5.75 Å². The number of hydrogen-bond donors (Lipinski definition) is 0. The van der Waals surface area contributed by atoms with Crippen LogP contribution in [0.3, 0.4) is 0 Å². The molecule has 0 unspecified atom stereocenters. The van der Waals surface area contributed by atoms with Crippen LogP contribution in [0.2, 0.25) is 0 Å². The Morgan fingerprint density at radius 3 is 2.43 bits per heavy atom. The number of halogens is 3. The van der Waals surface area contributed by atoms with E-state index < -0.39 is 17.5 Å². The summed E-state index contributed by atoms with van der Waals surface area (Å²) < 4.78 is 44.0. The molecule has 0 aliphatic rings. The first kappa shape index (κ1) is 15.1. The van der Waals surface area contributed by atoms with Crippen LogP contribution in [0, 0.1) is 17.5 Å². The molecule has 0 saturated heterocycles. The van der Waals surface area contributed by atoms with E-state index in [-0.39, 0.29) is 24.6 Å². The zero-order chi connectivity index (χ0) is 15.2. The lowest BCUT2D eigenvalue weighted by Gasteiger charge is -2.07. The van der Waals surface area contributed by atoms with Gasteiger partial charge in [-0.1, -0.05) is 6.07 Å². The fraction of sp³-hybridized carbons (Fsp3) is 0.188. The Balaban J connectivity index is 1.80. The smallest absolute Gasteiger partial charge is 0.200 e. The third-order valence-electron chi connectivity index (χ3n) is 2.89. The van der Waals surface area contributed by atoms with Gasteiger partial charge < -0.3 is 4.74 Å². The van der Waals surface area contributed by atoms with E-state index in [1.165, 1.54) is 36.4 Å². The van der Waals surface area contributed by atoms with Crippen molar-refractivity contribution in [1.82, 2.24) is 0 Å². The number of Topliss-reactive ketones (excluding diaryl/α,β-unsaturated/α-hetero) is 1. The van der Waals surface area contributed by atoms with Crippen LogP contribution in [0.4, 0.5) is 13.2 Å². The van der Waals surface area contributed by atoms with Gasteiger partial charge in [0, 0.05) is 12.0 Å². The third kappa shape index (κ3) is 4.08. The molecule has 0 radical (unpaired) electrons. The molecule has 0 saturated carbocycles. The van der Waals surface area contributed by atoms with Gasteiger partial charge in [0.1, 0.15) is 5.82 Å². The maximum absolute atomic E-state index is 13.3. The maximum atomic E-state index is 13.3. The summed E-state index contributed by atoms with van der Waals surface area (Å²) in [4.78, 5) is 11.8. The van der Waals surface area contributed by atoms with Gasteiger partial charge in [0.25, 0.3) is 0 Å². The van der Waals surface area contributed by atoms with E-state index in [0.29, 0.717) is 12.0 Å². The monoisotopic (exact) mass is 294 g/mol. The number of benzene rings is 2. The standard InChI is InChI=1S/C16H13F3O2/c17-12-8-6-11(7-9-12)14(20)4-2-10-21-15-5-1-3-13(18)16(15)19/h1,3,5-9H,2,4,10H2. The van der Waals surface area contributed by atoms with Crippen molar-refractivity contribution in [1.29, 1.82) is 0 Å². The molecule has 0 bridgehead atoms. The molecule has 0 aromatic heterocycles. The molecular formula is C16H13F3O2. The number of ketones is 1. The summed E-state index contributed by atoms with van der Waals surface area (Å²) in [6.45, 7) is 0.0906. The summed E-state index contributed by atoms with van der Waals surface area (Å²) in [6, 6.07) is 8.91. The molecule has 0 atom stereocenters. The van der Waals surface area contributed by atoms with Gasteiger partial charge >= 0.3 is 0 Å². The summed E-state index contributed by atoms with van der Waals surface area (Å²) in [5.41, 5.74) is 0.410. The van der Waals surface area contributed by atoms with Crippen LogP contribution in [-0.2, 0) is 0 Å². The molecule has 0 aliphatic heterocycles. The summed E-state index contributed by atoms with van der Waals surface area (Å²) in [5, 5.41) is 0. The Kier molecular flexibility index (Phi) is 4.98. The van der Waals surface area contributed by atoms with Crippen LogP contribution in [-0.4, -0.2) is 12.4 Å².